The van der Waals surface area contributed by atoms with Crippen molar-refractivity contribution in [1.29, 1.82) is 0 Å². The molecule has 1 fully saturated rings. The van der Waals surface area contributed by atoms with Crippen LogP contribution < -0.4 is 10.2 Å². The number of carbonyl (C=O) groups is 2. The summed E-state index contributed by atoms with van der Waals surface area (Å²) in [5.74, 6) is -0.346. The summed E-state index contributed by atoms with van der Waals surface area (Å²) in [6.07, 6.45) is 0.947. The first-order valence-electron chi connectivity index (χ1n) is 10.1. The molecular weight excluding hydrogens is 379 g/mol. The maximum absolute atomic E-state index is 13.1. The molecule has 3 aromatic rings. The molecule has 4 rings (SSSR count). The Morgan fingerprint density at radius 3 is 2.30 bits per heavy atom. The number of hydrogen-bond donors (Lipinski definition) is 1. The Morgan fingerprint density at radius 1 is 0.900 bits per heavy atom. The van der Waals surface area contributed by atoms with Crippen molar-refractivity contribution >= 4 is 17.4 Å². The van der Waals surface area contributed by atoms with Crippen LogP contribution in [0.2, 0.25) is 0 Å². The van der Waals surface area contributed by atoms with Crippen molar-refractivity contribution in [1.82, 2.24) is 5.32 Å². The lowest BCUT2D eigenvalue weighted by atomic mass is 9.98. The molecule has 0 spiro atoms. The number of amides is 1. The van der Waals surface area contributed by atoms with Crippen LogP contribution in [0, 0.1) is 11.7 Å². The van der Waals surface area contributed by atoms with Crippen LogP contribution in [-0.2, 0) is 0 Å². The highest BCUT2D eigenvalue weighted by Crippen LogP contribution is 2.24. The Kier molecular flexibility index (Phi) is 5.89. The fraction of sp³-hybridized carbons (Fsp3) is 0.200. The molecule has 1 atom stereocenters. The molecule has 1 aliphatic heterocycles. The molecule has 1 aliphatic rings. The van der Waals surface area contributed by atoms with Crippen LogP contribution in [0.1, 0.15) is 32.7 Å². The predicted octanol–water partition coefficient (Wildman–Crippen LogP) is 4.31. The Balaban J connectivity index is 1.39. The second-order valence-electron chi connectivity index (χ2n) is 7.53. The predicted molar refractivity (Wildman–Crippen MR) is 115 cm³/mol. The van der Waals surface area contributed by atoms with Crippen LogP contribution in [0.15, 0.2) is 78.9 Å². The smallest absolute Gasteiger partial charge is 0.252 e. The van der Waals surface area contributed by atoms with E-state index in [1.54, 1.807) is 48.5 Å². The molecule has 0 saturated carbocycles. The molecule has 1 amide bonds. The summed E-state index contributed by atoms with van der Waals surface area (Å²) >= 11 is 0. The minimum Gasteiger partial charge on any atom is -0.371 e. The van der Waals surface area contributed by atoms with Crippen molar-refractivity contribution in [2.45, 2.75) is 6.42 Å². The third-order valence-electron chi connectivity index (χ3n) is 5.48. The molecule has 4 nitrogen and oxygen atoms in total. The van der Waals surface area contributed by atoms with Gasteiger partial charge in [0.1, 0.15) is 5.82 Å². The molecule has 0 aromatic heterocycles. The van der Waals surface area contributed by atoms with Crippen molar-refractivity contribution in [3.05, 3.63) is 101 Å². The zero-order chi connectivity index (χ0) is 20.9. The van der Waals surface area contributed by atoms with Gasteiger partial charge in [-0.15, -0.1) is 0 Å². The first kappa shape index (κ1) is 19.8. The second kappa shape index (κ2) is 8.91. The summed E-state index contributed by atoms with van der Waals surface area (Å²) in [6, 6.07) is 22.4. The van der Waals surface area contributed by atoms with Gasteiger partial charge in [0.25, 0.3) is 5.91 Å². The van der Waals surface area contributed by atoms with Gasteiger partial charge in [-0.3, -0.25) is 9.59 Å². The number of rotatable bonds is 6. The Labute approximate surface area is 175 Å². The number of halogens is 1. The number of ketones is 1. The average molecular weight is 402 g/mol. The van der Waals surface area contributed by atoms with Crippen LogP contribution in [0.25, 0.3) is 0 Å². The number of anilines is 1. The lowest BCUT2D eigenvalue weighted by Gasteiger charge is -2.19. The molecule has 1 heterocycles. The Hall–Kier alpha value is -3.47. The van der Waals surface area contributed by atoms with Gasteiger partial charge in [0.15, 0.2) is 5.78 Å². The summed E-state index contributed by atoms with van der Waals surface area (Å²) < 4.78 is 13.1. The van der Waals surface area contributed by atoms with Crippen LogP contribution in [0.4, 0.5) is 10.1 Å². The summed E-state index contributed by atoms with van der Waals surface area (Å²) in [5.41, 5.74) is 2.34. The fourth-order valence-corrected chi connectivity index (χ4v) is 3.84. The number of nitrogens with zero attached hydrogens (tertiary/aromatic N) is 1. The van der Waals surface area contributed by atoms with Crippen molar-refractivity contribution in [2.24, 2.45) is 5.92 Å². The first-order chi connectivity index (χ1) is 14.6. The van der Waals surface area contributed by atoms with Gasteiger partial charge in [0.2, 0.25) is 0 Å². The first-order valence-corrected chi connectivity index (χ1v) is 10.1. The van der Waals surface area contributed by atoms with Crippen molar-refractivity contribution in [3.8, 4) is 0 Å². The molecule has 1 unspecified atom stereocenters. The van der Waals surface area contributed by atoms with Gasteiger partial charge >= 0.3 is 0 Å². The molecule has 0 radical (unpaired) electrons. The second-order valence-corrected chi connectivity index (χ2v) is 7.53. The SMILES string of the molecule is O=C(NCC1CCN(c2ccc(F)cc2)C1)c1ccccc1C(=O)c1ccccc1. The maximum Gasteiger partial charge on any atom is 0.252 e. The van der Waals surface area contributed by atoms with Crippen molar-refractivity contribution in [3.63, 3.8) is 0 Å². The van der Waals surface area contributed by atoms with Gasteiger partial charge < -0.3 is 10.2 Å². The third kappa shape index (κ3) is 4.40. The standard InChI is InChI=1S/C25H23FN2O2/c26-20-10-12-21(13-11-20)28-15-14-18(17-28)16-27-25(30)23-9-5-4-8-22(23)24(29)19-6-2-1-3-7-19/h1-13,18H,14-17H2,(H,27,30). The van der Waals surface area contributed by atoms with Gasteiger partial charge in [0.05, 0.1) is 5.56 Å². The Bertz CT molecular complexity index is 1030. The van der Waals surface area contributed by atoms with Gasteiger partial charge in [-0.1, -0.05) is 48.5 Å². The van der Waals surface area contributed by atoms with E-state index < -0.39 is 0 Å². The van der Waals surface area contributed by atoms with E-state index in [9.17, 15) is 14.0 Å². The zero-order valence-electron chi connectivity index (χ0n) is 16.6. The normalized spacial score (nSPS) is 15.8. The molecule has 152 valence electrons. The van der Waals surface area contributed by atoms with Crippen LogP contribution >= 0.6 is 0 Å². The van der Waals surface area contributed by atoms with Gasteiger partial charge in [-0.25, -0.2) is 4.39 Å². The van der Waals surface area contributed by atoms with E-state index >= 15 is 0 Å². The highest BCUT2D eigenvalue weighted by Gasteiger charge is 2.24. The van der Waals surface area contributed by atoms with Crippen molar-refractivity contribution in [2.75, 3.05) is 24.5 Å². The van der Waals surface area contributed by atoms with E-state index in [1.807, 2.05) is 18.2 Å². The number of benzene rings is 3. The van der Waals surface area contributed by atoms with E-state index in [-0.39, 0.29) is 17.5 Å². The summed E-state index contributed by atoms with van der Waals surface area (Å²) in [4.78, 5) is 27.9. The number of carbonyl (C=O) groups excluding carboxylic acids is 2. The highest BCUT2D eigenvalue weighted by atomic mass is 19.1. The monoisotopic (exact) mass is 402 g/mol. The lowest BCUT2D eigenvalue weighted by Crippen LogP contribution is -2.32. The van der Waals surface area contributed by atoms with E-state index in [4.69, 9.17) is 0 Å². The fourth-order valence-electron chi connectivity index (χ4n) is 3.84. The highest BCUT2D eigenvalue weighted by molar-refractivity contribution is 6.15. The third-order valence-corrected chi connectivity index (χ3v) is 5.48. The van der Waals surface area contributed by atoms with Crippen LogP contribution in [0.3, 0.4) is 0 Å². The van der Waals surface area contributed by atoms with Gasteiger partial charge in [-0.05, 0) is 42.7 Å². The quantitative estimate of drug-likeness (QED) is 0.625. The van der Waals surface area contributed by atoms with Gasteiger partial charge in [-0.2, -0.15) is 0 Å². The molecular formula is C25H23FN2O2. The minimum atomic E-state index is -0.245. The van der Waals surface area contributed by atoms with E-state index in [2.05, 4.69) is 10.2 Å². The van der Waals surface area contributed by atoms with Gasteiger partial charge in [0, 0.05) is 36.4 Å². The number of nitrogens with one attached hydrogen (secondary N) is 1. The summed E-state index contributed by atoms with van der Waals surface area (Å²) in [6.45, 7) is 2.20. The molecule has 0 aliphatic carbocycles. The van der Waals surface area contributed by atoms with Crippen molar-refractivity contribution < 1.29 is 14.0 Å². The van der Waals surface area contributed by atoms with E-state index in [1.165, 1.54) is 12.1 Å². The molecule has 3 aromatic carbocycles. The summed E-state index contributed by atoms with van der Waals surface area (Å²) in [5, 5.41) is 2.99. The molecule has 1 saturated heterocycles. The minimum absolute atomic E-state index is 0.162. The number of hydrogen-bond acceptors (Lipinski definition) is 3. The molecule has 0 bridgehead atoms. The molecule has 1 N–H and O–H groups in total. The molecule has 5 heteroatoms. The maximum atomic E-state index is 13.1. The van der Waals surface area contributed by atoms with E-state index in [0.29, 0.717) is 29.2 Å². The van der Waals surface area contributed by atoms with E-state index in [0.717, 1.165) is 25.2 Å². The largest absolute Gasteiger partial charge is 0.371 e. The van der Waals surface area contributed by atoms with Crippen LogP contribution in [-0.4, -0.2) is 31.3 Å². The lowest BCUT2D eigenvalue weighted by molar-refractivity contribution is 0.0937. The Morgan fingerprint density at radius 2 is 1.57 bits per heavy atom. The average Bonchev–Trinajstić information content (AvgIpc) is 3.27. The van der Waals surface area contributed by atoms with Crippen LogP contribution in [0.5, 0.6) is 0 Å². The molecule has 30 heavy (non-hydrogen) atoms. The zero-order valence-corrected chi connectivity index (χ0v) is 16.6. The topological polar surface area (TPSA) is 49.4 Å². The summed E-state index contributed by atoms with van der Waals surface area (Å²) in [7, 11) is 0.